The van der Waals surface area contributed by atoms with Gasteiger partial charge in [0.2, 0.25) is 0 Å². The number of hydrogen-bond acceptors (Lipinski definition) is 4. The molecule has 1 N–H and O–H groups in total. The van der Waals surface area contributed by atoms with Crippen LogP contribution in [0.4, 0.5) is 0 Å². The van der Waals surface area contributed by atoms with E-state index in [9.17, 15) is 0 Å². The Labute approximate surface area is 116 Å². The predicted octanol–water partition coefficient (Wildman–Crippen LogP) is 1.97. The van der Waals surface area contributed by atoms with E-state index < -0.39 is 0 Å². The van der Waals surface area contributed by atoms with Crippen LogP contribution in [0, 0.1) is 0 Å². The van der Waals surface area contributed by atoms with E-state index in [0.717, 1.165) is 25.6 Å². The van der Waals surface area contributed by atoms with Gasteiger partial charge in [-0.3, -0.25) is 0 Å². The number of nitrogens with zero attached hydrogens (tertiary/aromatic N) is 1. The van der Waals surface area contributed by atoms with Crippen molar-refractivity contribution in [1.82, 2.24) is 10.2 Å². The lowest BCUT2D eigenvalue weighted by atomic mass is 10.1. The highest BCUT2D eigenvalue weighted by Crippen LogP contribution is 2.16. The molecular formula is C14H28N2OS. The molecule has 106 valence electrons. The summed E-state index contributed by atoms with van der Waals surface area (Å²) in [6, 6.07) is 0.737. The Morgan fingerprint density at radius 3 is 3.17 bits per heavy atom. The second kappa shape index (κ2) is 8.41. The number of piperidine rings is 1. The fourth-order valence-corrected chi connectivity index (χ4v) is 3.78. The number of rotatable bonds is 6. The highest BCUT2D eigenvalue weighted by Gasteiger charge is 2.21. The van der Waals surface area contributed by atoms with Crippen molar-refractivity contribution in [3.63, 3.8) is 0 Å². The molecule has 2 unspecified atom stereocenters. The summed E-state index contributed by atoms with van der Waals surface area (Å²) in [5.41, 5.74) is 0. The number of ether oxygens (including phenoxy) is 1. The van der Waals surface area contributed by atoms with Crippen LogP contribution in [0.25, 0.3) is 0 Å². The van der Waals surface area contributed by atoms with E-state index in [1.165, 1.54) is 50.4 Å². The minimum Gasteiger partial charge on any atom is -0.377 e. The third-order valence-electron chi connectivity index (χ3n) is 3.81. The normalized spacial score (nSPS) is 30.5. The van der Waals surface area contributed by atoms with E-state index in [1.807, 2.05) is 0 Å². The zero-order valence-electron chi connectivity index (χ0n) is 11.7. The van der Waals surface area contributed by atoms with Crippen molar-refractivity contribution in [3.8, 4) is 0 Å². The first-order valence-electron chi connectivity index (χ1n) is 7.53. The van der Waals surface area contributed by atoms with Crippen molar-refractivity contribution in [3.05, 3.63) is 0 Å². The van der Waals surface area contributed by atoms with Crippen LogP contribution in [0.3, 0.4) is 0 Å². The van der Waals surface area contributed by atoms with Gasteiger partial charge in [-0.2, -0.15) is 11.8 Å². The minimum absolute atomic E-state index is 0.493. The quantitative estimate of drug-likeness (QED) is 0.799. The zero-order chi connectivity index (χ0) is 12.6. The van der Waals surface area contributed by atoms with Gasteiger partial charge in [-0.1, -0.05) is 6.92 Å². The van der Waals surface area contributed by atoms with Crippen molar-refractivity contribution >= 4 is 11.8 Å². The molecule has 2 rings (SSSR count). The van der Waals surface area contributed by atoms with E-state index in [2.05, 4.69) is 28.9 Å². The first-order chi connectivity index (χ1) is 8.88. The summed E-state index contributed by atoms with van der Waals surface area (Å²) in [6.45, 7) is 7.97. The van der Waals surface area contributed by atoms with Crippen LogP contribution in [-0.2, 0) is 4.74 Å². The van der Waals surface area contributed by atoms with E-state index in [1.54, 1.807) is 0 Å². The molecule has 2 heterocycles. The Morgan fingerprint density at radius 2 is 2.39 bits per heavy atom. The van der Waals surface area contributed by atoms with Gasteiger partial charge < -0.3 is 15.0 Å². The van der Waals surface area contributed by atoms with Crippen LogP contribution in [0.2, 0.25) is 0 Å². The van der Waals surface area contributed by atoms with Gasteiger partial charge in [0.25, 0.3) is 0 Å². The SMILES string of the molecule is CCCOC1CCCN(CCC2CSCCN2)C1. The van der Waals surface area contributed by atoms with Crippen LogP contribution < -0.4 is 5.32 Å². The highest BCUT2D eigenvalue weighted by molar-refractivity contribution is 7.99. The van der Waals surface area contributed by atoms with Crippen molar-refractivity contribution in [2.24, 2.45) is 0 Å². The largest absolute Gasteiger partial charge is 0.377 e. The molecule has 0 amide bonds. The first-order valence-corrected chi connectivity index (χ1v) is 8.69. The lowest BCUT2D eigenvalue weighted by molar-refractivity contribution is -0.000704. The van der Waals surface area contributed by atoms with Gasteiger partial charge >= 0.3 is 0 Å². The molecule has 4 heteroatoms. The van der Waals surface area contributed by atoms with Crippen molar-refractivity contribution in [2.75, 3.05) is 44.3 Å². The van der Waals surface area contributed by atoms with Gasteiger partial charge in [-0.05, 0) is 38.8 Å². The van der Waals surface area contributed by atoms with Crippen LogP contribution in [0.5, 0.6) is 0 Å². The standard InChI is InChI=1S/C14H28N2OS/c1-2-9-17-14-4-3-7-16(11-14)8-5-13-12-18-10-6-15-13/h13-15H,2-12H2,1H3. The predicted molar refractivity (Wildman–Crippen MR) is 79.4 cm³/mol. The van der Waals surface area contributed by atoms with Crippen LogP contribution >= 0.6 is 11.8 Å². The molecule has 2 aliphatic rings. The summed E-state index contributed by atoms with van der Waals surface area (Å²) in [7, 11) is 0. The summed E-state index contributed by atoms with van der Waals surface area (Å²) in [4.78, 5) is 2.60. The topological polar surface area (TPSA) is 24.5 Å². The van der Waals surface area contributed by atoms with Gasteiger partial charge in [0.15, 0.2) is 0 Å². The fraction of sp³-hybridized carbons (Fsp3) is 1.00. The Balaban J connectivity index is 1.62. The van der Waals surface area contributed by atoms with Gasteiger partial charge in [0.05, 0.1) is 6.10 Å². The third kappa shape index (κ3) is 5.08. The maximum atomic E-state index is 5.89. The summed E-state index contributed by atoms with van der Waals surface area (Å²) >= 11 is 2.10. The monoisotopic (exact) mass is 272 g/mol. The molecule has 0 aromatic rings. The molecule has 0 aromatic carbocycles. The highest BCUT2D eigenvalue weighted by atomic mass is 32.2. The van der Waals surface area contributed by atoms with Crippen LogP contribution in [-0.4, -0.2) is 61.3 Å². The minimum atomic E-state index is 0.493. The molecule has 2 aliphatic heterocycles. The molecule has 0 radical (unpaired) electrons. The molecule has 0 aliphatic carbocycles. The van der Waals surface area contributed by atoms with Crippen molar-refractivity contribution in [2.45, 2.75) is 44.8 Å². The molecule has 2 atom stereocenters. The second-order valence-electron chi connectivity index (χ2n) is 5.45. The first kappa shape index (κ1) is 14.6. The average Bonchev–Trinajstić information content (AvgIpc) is 2.44. The fourth-order valence-electron chi connectivity index (χ4n) is 2.78. The Bertz CT molecular complexity index is 222. The van der Waals surface area contributed by atoms with Crippen molar-refractivity contribution in [1.29, 1.82) is 0 Å². The van der Waals surface area contributed by atoms with Crippen LogP contribution in [0.1, 0.15) is 32.6 Å². The maximum Gasteiger partial charge on any atom is 0.0702 e. The summed E-state index contributed by atoms with van der Waals surface area (Å²) in [6.07, 6.45) is 5.50. The smallest absolute Gasteiger partial charge is 0.0702 e. The third-order valence-corrected chi connectivity index (χ3v) is 4.94. The molecule has 2 saturated heterocycles. The van der Waals surface area contributed by atoms with E-state index >= 15 is 0 Å². The molecule has 0 bridgehead atoms. The molecule has 2 fully saturated rings. The van der Waals surface area contributed by atoms with Gasteiger partial charge in [0.1, 0.15) is 0 Å². The molecule has 0 spiro atoms. The Kier molecular flexibility index (Phi) is 6.84. The number of hydrogen-bond donors (Lipinski definition) is 1. The van der Waals surface area contributed by atoms with Crippen LogP contribution in [0.15, 0.2) is 0 Å². The summed E-state index contributed by atoms with van der Waals surface area (Å²) in [5, 5.41) is 3.63. The zero-order valence-corrected chi connectivity index (χ0v) is 12.5. The van der Waals surface area contributed by atoms with E-state index in [0.29, 0.717) is 6.10 Å². The average molecular weight is 272 g/mol. The van der Waals surface area contributed by atoms with E-state index in [-0.39, 0.29) is 0 Å². The lowest BCUT2D eigenvalue weighted by Gasteiger charge is -2.34. The van der Waals surface area contributed by atoms with E-state index in [4.69, 9.17) is 4.74 Å². The molecule has 18 heavy (non-hydrogen) atoms. The second-order valence-corrected chi connectivity index (χ2v) is 6.60. The summed E-state index contributed by atoms with van der Waals surface area (Å²) < 4.78 is 5.89. The Morgan fingerprint density at radius 1 is 1.44 bits per heavy atom. The van der Waals surface area contributed by atoms with Gasteiger partial charge in [-0.25, -0.2) is 0 Å². The molecule has 0 saturated carbocycles. The molecular weight excluding hydrogens is 244 g/mol. The molecule has 0 aromatic heterocycles. The van der Waals surface area contributed by atoms with Gasteiger partial charge in [0, 0.05) is 37.2 Å². The van der Waals surface area contributed by atoms with Gasteiger partial charge in [-0.15, -0.1) is 0 Å². The maximum absolute atomic E-state index is 5.89. The summed E-state index contributed by atoms with van der Waals surface area (Å²) in [5.74, 6) is 2.58. The number of thioether (sulfide) groups is 1. The number of nitrogens with one attached hydrogen (secondary N) is 1. The van der Waals surface area contributed by atoms with Crippen molar-refractivity contribution < 1.29 is 4.74 Å². The Hall–Kier alpha value is 0.230. The number of likely N-dealkylation sites (tertiary alicyclic amines) is 1. The lowest BCUT2D eigenvalue weighted by Crippen LogP contribution is -2.44. The molecule has 3 nitrogen and oxygen atoms in total.